The molecule has 2 aliphatic carbocycles. The van der Waals surface area contributed by atoms with Crippen molar-refractivity contribution in [3.63, 3.8) is 0 Å². The van der Waals surface area contributed by atoms with E-state index in [0.717, 1.165) is 57.8 Å². The first-order chi connectivity index (χ1) is 16.5. The molecule has 0 saturated heterocycles. The van der Waals surface area contributed by atoms with Crippen LogP contribution in [0.2, 0.25) is 0 Å². The van der Waals surface area contributed by atoms with Gasteiger partial charge in [0.1, 0.15) is 5.75 Å². The van der Waals surface area contributed by atoms with Gasteiger partial charge >= 0.3 is 0 Å². The average molecular weight is 463 g/mol. The van der Waals surface area contributed by atoms with Crippen LogP contribution in [0.4, 0.5) is 0 Å². The molecule has 0 radical (unpaired) electrons. The molecular formula is C27H30N2O5. The number of rotatable bonds is 5. The molecule has 2 saturated carbocycles. The Kier molecular flexibility index (Phi) is 6.11. The molecule has 2 aromatic rings. The summed E-state index contributed by atoms with van der Waals surface area (Å²) < 4.78 is 5.21. The van der Waals surface area contributed by atoms with E-state index < -0.39 is 0 Å². The first kappa shape index (κ1) is 22.6. The minimum Gasteiger partial charge on any atom is -0.428 e. The van der Waals surface area contributed by atoms with Gasteiger partial charge in [0, 0.05) is 34.0 Å². The van der Waals surface area contributed by atoms with Gasteiger partial charge in [-0.2, -0.15) is 0 Å². The molecule has 1 heterocycles. The van der Waals surface area contributed by atoms with Gasteiger partial charge < -0.3 is 10.1 Å². The van der Waals surface area contributed by atoms with Crippen LogP contribution in [0.5, 0.6) is 5.75 Å². The van der Waals surface area contributed by atoms with Gasteiger partial charge in [0.15, 0.2) is 0 Å². The predicted molar refractivity (Wildman–Crippen MR) is 127 cm³/mol. The Morgan fingerprint density at radius 2 is 1.56 bits per heavy atom. The fourth-order valence-corrected chi connectivity index (χ4v) is 5.85. The second kappa shape index (κ2) is 9.20. The van der Waals surface area contributed by atoms with Crippen LogP contribution in [-0.4, -0.2) is 41.2 Å². The molecule has 7 heteroatoms. The Labute approximate surface area is 198 Å². The number of amides is 3. The summed E-state index contributed by atoms with van der Waals surface area (Å²) in [5, 5.41) is 3.85. The van der Waals surface area contributed by atoms with Gasteiger partial charge in [-0.15, -0.1) is 0 Å². The van der Waals surface area contributed by atoms with E-state index in [9.17, 15) is 19.2 Å². The molecule has 3 amide bonds. The minimum atomic E-state index is -0.342. The highest BCUT2D eigenvalue weighted by Crippen LogP contribution is 2.39. The van der Waals surface area contributed by atoms with Gasteiger partial charge in [-0.25, -0.2) is 0 Å². The number of ether oxygens (including phenoxy) is 1. The number of carbonyl (C=O) groups excluding carboxylic acids is 4. The maximum absolute atomic E-state index is 13.5. The normalized spacial score (nSPS) is 23.1. The van der Waals surface area contributed by atoms with Crippen molar-refractivity contribution in [3.05, 3.63) is 41.0 Å². The van der Waals surface area contributed by atoms with Crippen LogP contribution in [-0.2, 0) is 4.79 Å². The monoisotopic (exact) mass is 462 g/mol. The molecular weight excluding hydrogens is 432 g/mol. The molecule has 0 bridgehead atoms. The summed E-state index contributed by atoms with van der Waals surface area (Å²) in [6, 6.07) is 6.36. The van der Waals surface area contributed by atoms with Crippen LogP contribution in [0, 0.1) is 5.92 Å². The number of hydrogen-bond donors (Lipinski definition) is 1. The van der Waals surface area contributed by atoms with Gasteiger partial charge in [0.05, 0.1) is 5.56 Å². The summed E-state index contributed by atoms with van der Waals surface area (Å²) in [5.74, 6) is -0.138. The summed E-state index contributed by atoms with van der Waals surface area (Å²) in [7, 11) is 0. The molecule has 3 aliphatic rings. The van der Waals surface area contributed by atoms with Crippen molar-refractivity contribution in [2.45, 2.75) is 76.8 Å². The quantitative estimate of drug-likeness (QED) is 0.517. The third kappa shape index (κ3) is 3.87. The second-order valence-corrected chi connectivity index (χ2v) is 9.94. The average Bonchev–Trinajstić information content (AvgIpc) is 2.85. The number of hydrogen-bond acceptors (Lipinski definition) is 5. The van der Waals surface area contributed by atoms with E-state index in [4.69, 9.17) is 4.74 Å². The van der Waals surface area contributed by atoms with Crippen molar-refractivity contribution in [1.29, 1.82) is 0 Å². The molecule has 0 atom stereocenters. The van der Waals surface area contributed by atoms with Gasteiger partial charge in [-0.05, 0) is 68.7 Å². The number of nitrogens with zero attached hydrogens (tertiary/aromatic N) is 1. The molecule has 1 N–H and O–H groups in total. The van der Waals surface area contributed by atoms with Crippen LogP contribution in [0.25, 0.3) is 10.8 Å². The van der Waals surface area contributed by atoms with E-state index in [2.05, 4.69) is 12.2 Å². The topological polar surface area (TPSA) is 92.8 Å². The van der Waals surface area contributed by atoms with Crippen molar-refractivity contribution in [2.24, 2.45) is 5.92 Å². The zero-order chi connectivity index (χ0) is 23.8. The molecule has 0 spiro atoms. The highest BCUT2D eigenvalue weighted by atomic mass is 16.5. The lowest BCUT2D eigenvalue weighted by Crippen LogP contribution is -2.47. The van der Waals surface area contributed by atoms with Crippen molar-refractivity contribution >= 4 is 35.0 Å². The lowest BCUT2D eigenvalue weighted by molar-refractivity contribution is -0.120. The van der Waals surface area contributed by atoms with Gasteiger partial charge in [-0.3, -0.25) is 24.1 Å². The van der Waals surface area contributed by atoms with Crippen molar-refractivity contribution < 1.29 is 23.9 Å². The summed E-state index contributed by atoms with van der Waals surface area (Å²) in [5.41, 5.74) is 1.05. The van der Waals surface area contributed by atoms with Gasteiger partial charge in [0.25, 0.3) is 24.2 Å². The van der Waals surface area contributed by atoms with Crippen molar-refractivity contribution in [3.8, 4) is 5.75 Å². The molecule has 178 valence electrons. The Morgan fingerprint density at radius 1 is 0.912 bits per heavy atom. The van der Waals surface area contributed by atoms with Crippen molar-refractivity contribution in [2.75, 3.05) is 0 Å². The highest BCUT2D eigenvalue weighted by Gasteiger charge is 2.39. The van der Waals surface area contributed by atoms with Gasteiger partial charge in [0.2, 0.25) is 0 Å². The Balaban J connectivity index is 1.58. The molecule has 0 unspecified atom stereocenters. The number of benzene rings is 2. The van der Waals surface area contributed by atoms with E-state index >= 15 is 0 Å². The molecule has 2 aromatic carbocycles. The van der Waals surface area contributed by atoms with Crippen LogP contribution in [0.15, 0.2) is 24.3 Å². The van der Waals surface area contributed by atoms with Crippen LogP contribution < -0.4 is 10.1 Å². The van der Waals surface area contributed by atoms with E-state index in [-0.39, 0.29) is 35.6 Å². The fraction of sp³-hybridized carbons (Fsp3) is 0.481. The Bertz CT molecular complexity index is 1140. The Hall–Kier alpha value is -3.22. The van der Waals surface area contributed by atoms with E-state index in [0.29, 0.717) is 39.9 Å². The van der Waals surface area contributed by atoms with Crippen molar-refractivity contribution in [1.82, 2.24) is 10.2 Å². The zero-order valence-electron chi connectivity index (χ0n) is 19.5. The predicted octanol–water partition coefficient (Wildman–Crippen LogP) is 4.61. The maximum Gasteiger partial charge on any atom is 0.298 e. The fourth-order valence-electron chi connectivity index (χ4n) is 5.85. The lowest BCUT2D eigenvalue weighted by atomic mass is 9.86. The third-order valence-corrected chi connectivity index (χ3v) is 7.73. The molecule has 34 heavy (non-hydrogen) atoms. The summed E-state index contributed by atoms with van der Waals surface area (Å²) >= 11 is 0. The van der Waals surface area contributed by atoms with E-state index in [1.807, 2.05) is 0 Å². The highest BCUT2D eigenvalue weighted by molar-refractivity contribution is 6.28. The first-order valence-electron chi connectivity index (χ1n) is 12.4. The lowest BCUT2D eigenvalue weighted by Gasteiger charge is -2.36. The van der Waals surface area contributed by atoms with Crippen LogP contribution in [0.3, 0.4) is 0 Å². The van der Waals surface area contributed by atoms with E-state index in [1.165, 1.54) is 4.90 Å². The molecule has 7 nitrogen and oxygen atoms in total. The standard InChI is InChI=1S/C27H30N2O5/c1-16-7-9-17(10-8-16)28-25(31)19-11-12-20-23-21(13-14-22(24(19)23)34-15-30)27(33)29(26(20)32)18-5-3-2-4-6-18/h11-18H,2-10H2,1H3,(H,28,31). The SMILES string of the molecule is CC1CCC(NC(=O)c2ccc3c4c(ccc(OC=O)c24)C(=O)N(C2CCCCC2)C3=O)CC1. The first-order valence-corrected chi connectivity index (χ1v) is 12.4. The second-order valence-electron chi connectivity index (χ2n) is 9.94. The van der Waals surface area contributed by atoms with E-state index in [1.54, 1.807) is 24.3 Å². The molecule has 5 rings (SSSR count). The van der Waals surface area contributed by atoms with Gasteiger partial charge in [-0.1, -0.05) is 26.2 Å². The molecule has 2 fully saturated rings. The zero-order valence-corrected chi connectivity index (χ0v) is 19.5. The maximum atomic E-state index is 13.5. The summed E-state index contributed by atoms with van der Waals surface area (Å²) in [6.07, 6.45) is 8.68. The minimum absolute atomic E-state index is 0.0787. The summed E-state index contributed by atoms with van der Waals surface area (Å²) in [6.45, 7) is 2.52. The number of nitrogens with one attached hydrogen (secondary N) is 1. The number of imide groups is 1. The third-order valence-electron chi connectivity index (χ3n) is 7.73. The van der Waals surface area contributed by atoms with Crippen LogP contribution in [0.1, 0.15) is 95.8 Å². The largest absolute Gasteiger partial charge is 0.428 e. The van der Waals surface area contributed by atoms with Crippen LogP contribution >= 0.6 is 0 Å². The molecule has 0 aromatic heterocycles. The number of carbonyl (C=O) groups is 4. The molecule has 1 aliphatic heterocycles. The summed E-state index contributed by atoms with van der Waals surface area (Å²) in [4.78, 5) is 53.0. The Morgan fingerprint density at radius 3 is 2.21 bits per heavy atom. The smallest absolute Gasteiger partial charge is 0.298 e.